The van der Waals surface area contributed by atoms with Gasteiger partial charge in [0.25, 0.3) is 0 Å². The van der Waals surface area contributed by atoms with Gasteiger partial charge in [0.1, 0.15) is 12.4 Å². The molecule has 154 valence electrons. The highest BCUT2D eigenvalue weighted by atomic mass is 32.2. The maximum absolute atomic E-state index is 13.6. The third-order valence-electron chi connectivity index (χ3n) is 4.71. The number of hydrogen-bond acceptors (Lipinski definition) is 5. The number of sulfonamides is 1. The molecule has 0 N–H and O–H groups in total. The fourth-order valence-electron chi connectivity index (χ4n) is 3.02. The Morgan fingerprint density at radius 3 is 2.38 bits per heavy atom. The maximum Gasteiger partial charge on any atom is 0.338 e. The average Bonchev–Trinajstić information content (AvgIpc) is 2.73. The van der Waals surface area contributed by atoms with E-state index in [0.29, 0.717) is 13.1 Å². The number of hydrogen-bond donors (Lipinski definition) is 0. The van der Waals surface area contributed by atoms with Crippen LogP contribution in [0.15, 0.2) is 53.4 Å². The number of nitrogens with zero attached hydrogens (tertiary/aromatic N) is 2. The second kappa shape index (κ2) is 8.71. The molecule has 29 heavy (non-hydrogen) atoms. The summed E-state index contributed by atoms with van der Waals surface area (Å²) < 4.78 is 45.8. The van der Waals surface area contributed by atoms with Crippen molar-refractivity contribution in [2.24, 2.45) is 0 Å². The molecule has 1 saturated heterocycles. The summed E-state index contributed by atoms with van der Waals surface area (Å²) in [6, 6.07) is 11.5. The molecule has 7 nitrogen and oxygen atoms in total. The van der Waals surface area contributed by atoms with Crippen LogP contribution in [0.4, 0.5) is 4.39 Å². The van der Waals surface area contributed by atoms with E-state index in [-0.39, 0.29) is 41.6 Å². The smallest absolute Gasteiger partial charge is 0.338 e. The molecular formula is C20H21FN2O5S. The summed E-state index contributed by atoms with van der Waals surface area (Å²) >= 11 is 0. The van der Waals surface area contributed by atoms with Gasteiger partial charge in [0.05, 0.1) is 10.5 Å². The number of benzene rings is 2. The van der Waals surface area contributed by atoms with Gasteiger partial charge in [-0.15, -0.1) is 0 Å². The van der Waals surface area contributed by atoms with Gasteiger partial charge in [-0.25, -0.2) is 17.6 Å². The van der Waals surface area contributed by atoms with Crippen molar-refractivity contribution < 1.29 is 27.1 Å². The fraction of sp³-hybridized carbons (Fsp3) is 0.300. The number of piperazine rings is 1. The first-order valence-electron chi connectivity index (χ1n) is 9.05. The molecule has 1 amide bonds. The summed E-state index contributed by atoms with van der Waals surface area (Å²) in [5.41, 5.74) is 0.290. The molecule has 3 rings (SSSR count). The molecule has 0 saturated carbocycles. The first-order chi connectivity index (χ1) is 13.8. The average molecular weight is 420 g/mol. The molecular weight excluding hydrogens is 399 g/mol. The highest BCUT2D eigenvalue weighted by Gasteiger charge is 2.29. The van der Waals surface area contributed by atoms with Crippen LogP contribution in [0, 0.1) is 5.82 Å². The minimum absolute atomic E-state index is 0.0332. The van der Waals surface area contributed by atoms with Gasteiger partial charge in [-0.05, 0) is 24.3 Å². The van der Waals surface area contributed by atoms with Gasteiger partial charge in [-0.2, -0.15) is 4.31 Å². The first kappa shape index (κ1) is 20.9. The van der Waals surface area contributed by atoms with E-state index in [2.05, 4.69) is 0 Å². The van der Waals surface area contributed by atoms with Gasteiger partial charge in [0.2, 0.25) is 15.9 Å². The van der Waals surface area contributed by atoms with Crippen LogP contribution in [0.3, 0.4) is 0 Å². The Balaban J connectivity index is 1.70. The van der Waals surface area contributed by atoms with Gasteiger partial charge in [-0.3, -0.25) is 4.79 Å². The molecule has 0 spiro atoms. The lowest BCUT2D eigenvalue weighted by molar-refractivity contribution is -0.129. The van der Waals surface area contributed by atoms with E-state index in [0.717, 1.165) is 0 Å². The Kier molecular flexibility index (Phi) is 6.29. The molecule has 1 aliphatic heterocycles. The van der Waals surface area contributed by atoms with Crippen LogP contribution < -0.4 is 0 Å². The van der Waals surface area contributed by atoms with E-state index in [1.807, 2.05) is 0 Å². The van der Waals surface area contributed by atoms with Gasteiger partial charge in [0.15, 0.2) is 0 Å². The van der Waals surface area contributed by atoms with Crippen molar-refractivity contribution in [2.75, 3.05) is 26.2 Å². The molecule has 9 heteroatoms. The van der Waals surface area contributed by atoms with E-state index < -0.39 is 21.8 Å². The molecule has 0 unspecified atom stereocenters. The SMILES string of the molecule is CC(=O)N1CCN(S(=O)(=O)c2cccc(C(=O)OCc3ccccc3F)c2)CC1. The topological polar surface area (TPSA) is 84.0 Å². The molecule has 0 aliphatic carbocycles. The van der Waals surface area contributed by atoms with Crippen LogP contribution in [0.5, 0.6) is 0 Å². The highest BCUT2D eigenvalue weighted by molar-refractivity contribution is 7.89. The lowest BCUT2D eigenvalue weighted by Gasteiger charge is -2.33. The predicted octanol–water partition coefficient (Wildman–Crippen LogP) is 2.04. The van der Waals surface area contributed by atoms with Gasteiger partial charge in [0, 0.05) is 38.7 Å². The zero-order chi connectivity index (χ0) is 21.0. The van der Waals surface area contributed by atoms with Crippen LogP contribution in [0.2, 0.25) is 0 Å². The van der Waals surface area contributed by atoms with Gasteiger partial charge >= 0.3 is 5.97 Å². The minimum atomic E-state index is -3.81. The first-order valence-corrected chi connectivity index (χ1v) is 10.5. The van der Waals surface area contributed by atoms with Crippen LogP contribution >= 0.6 is 0 Å². The molecule has 0 bridgehead atoms. The van der Waals surface area contributed by atoms with Gasteiger partial charge < -0.3 is 9.64 Å². The Morgan fingerprint density at radius 2 is 1.72 bits per heavy atom. The normalized spacial score (nSPS) is 15.2. The number of amides is 1. The highest BCUT2D eigenvalue weighted by Crippen LogP contribution is 2.20. The summed E-state index contributed by atoms with van der Waals surface area (Å²) in [4.78, 5) is 25.3. The van der Waals surface area contributed by atoms with Crippen molar-refractivity contribution in [2.45, 2.75) is 18.4 Å². The molecule has 1 aliphatic rings. The summed E-state index contributed by atoms with van der Waals surface area (Å²) in [5.74, 6) is -1.32. The molecule has 1 heterocycles. The van der Waals surface area contributed by atoms with Crippen molar-refractivity contribution >= 4 is 21.9 Å². The summed E-state index contributed by atoms with van der Waals surface area (Å²) in [7, 11) is -3.81. The fourth-order valence-corrected chi connectivity index (χ4v) is 4.49. The molecule has 2 aromatic carbocycles. The van der Waals surface area contributed by atoms with Crippen molar-refractivity contribution in [1.29, 1.82) is 0 Å². The number of carbonyl (C=O) groups is 2. The summed E-state index contributed by atoms with van der Waals surface area (Å²) in [6.07, 6.45) is 0. The molecule has 0 aromatic heterocycles. The van der Waals surface area contributed by atoms with Crippen LogP contribution in [0.25, 0.3) is 0 Å². The minimum Gasteiger partial charge on any atom is -0.457 e. The molecule has 2 aromatic rings. The maximum atomic E-state index is 13.6. The Labute approximate surface area is 168 Å². The van der Waals surface area contributed by atoms with Crippen LogP contribution in [-0.4, -0.2) is 55.7 Å². The molecule has 0 radical (unpaired) electrons. The van der Waals surface area contributed by atoms with E-state index in [1.54, 1.807) is 11.0 Å². The summed E-state index contributed by atoms with van der Waals surface area (Å²) in [6.45, 7) is 2.20. The van der Waals surface area contributed by atoms with Crippen LogP contribution in [0.1, 0.15) is 22.8 Å². The van der Waals surface area contributed by atoms with E-state index >= 15 is 0 Å². The van der Waals surface area contributed by atoms with E-state index in [1.165, 1.54) is 53.7 Å². The standard InChI is InChI=1S/C20H21FN2O5S/c1-15(24)22-9-11-23(12-10-22)29(26,27)18-7-4-6-16(13-18)20(25)28-14-17-5-2-3-8-19(17)21/h2-8,13H,9-12,14H2,1H3. The lowest BCUT2D eigenvalue weighted by atomic mass is 10.2. The molecule has 0 atom stereocenters. The number of halogens is 1. The van der Waals surface area contributed by atoms with E-state index in [9.17, 15) is 22.4 Å². The van der Waals surface area contributed by atoms with Crippen molar-refractivity contribution in [1.82, 2.24) is 9.21 Å². The van der Waals surface area contributed by atoms with E-state index in [4.69, 9.17) is 4.74 Å². The predicted molar refractivity (Wildman–Crippen MR) is 103 cm³/mol. The number of rotatable bonds is 5. The second-order valence-electron chi connectivity index (χ2n) is 6.61. The Morgan fingerprint density at radius 1 is 1.03 bits per heavy atom. The number of esters is 1. The van der Waals surface area contributed by atoms with Gasteiger partial charge in [-0.1, -0.05) is 24.3 Å². The Hall–Kier alpha value is -2.78. The Bertz CT molecular complexity index is 1020. The van der Waals surface area contributed by atoms with Crippen molar-refractivity contribution in [3.63, 3.8) is 0 Å². The quantitative estimate of drug-likeness (QED) is 0.691. The number of ether oxygens (including phenoxy) is 1. The zero-order valence-electron chi connectivity index (χ0n) is 15.9. The van der Waals surface area contributed by atoms with Crippen molar-refractivity contribution in [3.05, 3.63) is 65.5 Å². The second-order valence-corrected chi connectivity index (χ2v) is 8.54. The van der Waals surface area contributed by atoms with Crippen molar-refractivity contribution in [3.8, 4) is 0 Å². The lowest BCUT2D eigenvalue weighted by Crippen LogP contribution is -2.49. The third kappa shape index (κ3) is 4.80. The van der Waals surface area contributed by atoms with Crippen LogP contribution in [-0.2, 0) is 26.2 Å². The third-order valence-corrected chi connectivity index (χ3v) is 6.60. The molecule has 1 fully saturated rings. The number of carbonyl (C=O) groups excluding carboxylic acids is 2. The summed E-state index contributed by atoms with van der Waals surface area (Å²) in [5, 5.41) is 0. The largest absolute Gasteiger partial charge is 0.457 e. The zero-order valence-corrected chi connectivity index (χ0v) is 16.7. The monoisotopic (exact) mass is 420 g/mol.